The lowest BCUT2D eigenvalue weighted by molar-refractivity contribution is -0.120. The molecule has 1 unspecified atom stereocenters. The monoisotopic (exact) mass is 213 g/mol. The summed E-state index contributed by atoms with van der Waals surface area (Å²) in [5.41, 5.74) is 1.25. The normalized spacial score (nSPS) is 27.0. The molecule has 80 valence electrons. The second-order valence-corrected chi connectivity index (χ2v) is 4.27. The van der Waals surface area contributed by atoms with Crippen LogP contribution in [0.5, 0.6) is 0 Å². The number of hydrogen-bond acceptors (Lipinski definition) is 2. The lowest BCUT2D eigenvalue weighted by atomic mass is 9.74. The maximum atomic E-state index is 12.0. The van der Waals surface area contributed by atoms with Crippen LogP contribution in [0.15, 0.2) is 36.4 Å². The minimum atomic E-state index is -0.607. The Bertz CT molecular complexity index is 518. The van der Waals surface area contributed by atoms with Crippen LogP contribution in [-0.2, 0) is 15.0 Å². The van der Waals surface area contributed by atoms with Crippen LogP contribution in [0.2, 0.25) is 0 Å². The fourth-order valence-corrected chi connectivity index (χ4v) is 2.47. The van der Waals surface area contributed by atoms with Gasteiger partial charge in [0.15, 0.2) is 5.78 Å². The highest BCUT2D eigenvalue weighted by Gasteiger charge is 2.45. The average molecular weight is 213 g/mol. The maximum absolute atomic E-state index is 12.0. The van der Waals surface area contributed by atoms with Gasteiger partial charge in [0.2, 0.25) is 5.91 Å². The van der Waals surface area contributed by atoms with Crippen molar-refractivity contribution in [1.82, 2.24) is 0 Å². The third kappa shape index (κ3) is 1.08. The number of hydrogen-bond donors (Lipinski definition) is 1. The van der Waals surface area contributed by atoms with Crippen LogP contribution >= 0.6 is 0 Å². The van der Waals surface area contributed by atoms with Gasteiger partial charge in [0.1, 0.15) is 0 Å². The standard InChI is InChI=1S/C13H11NO2/c15-9-5-7-13(8-6-9)10-3-1-2-4-11(10)14-12(13)16/h1-5,7H,6,8H2,(H,14,16). The van der Waals surface area contributed by atoms with Crippen molar-refractivity contribution in [2.75, 3.05) is 5.32 Å². The molecule has 2 aliphatic rings. The van der Waals surface area contributed by atoms with E-state index in [9.17, 15) is 9.59 Å². The highest BCUT2D eigenvalue weighted by Crippen LogP contribution is 2.43. The van der Waals surface area contributed by atoms with Gasteiger partial charge in [-0.25, -0.2) is 0 Å². The molecule has 0 radical (unpaired) electrons. The summed E-state index contributed by atoms with van der Waals surface area (Å²) in [5, 5.41) is 2.87. The van der Waals surface area contributed by atoms with Crippen LogP contribution in [0.1, 0.15) is 18.4 Å². The van der Waals surface area contributed by atoms with Crippen LogP contribution in [-0.4, -0.2) is 11.7 Å². The Balaban J connectivity index is 2.18. The zero-order valence-corrected chi connectivity index (χ0v) is 8.69. The average Bonchev–Trinajstić information content (AvgIpc) is 2.57. The number of fused-ring (bicyclic) bond motifs is 2. The largest absolute Gasteiger partial charge is 0.325 e. The van der Waals surface area contributed by atoms with Crippen molar-refractivity contribution in [3.63, 3.8) is 0 Å². The molecule has 0 aromatic heterocycles. The van der Waals surface area contributed by atoms with Gasteiger partial charge in [-0.15, -0.1) is 0 Å². The number of carbonyl (C=O) groups is 2. The molecule has 1 amide bonds. The molecule has 1 aromatic carbocycles. The van der Waals surface area contributed by atoms with E-state index in [0.29, 0.717) is 12.8 Å². The van der Waals surface area contributed by atoms with Crippen molar-refractivity contribution in [2.45, 2.75) is 18.3 Å². The van der Waals surface area contributed by atoms with E-state index in [1.807, 2.05) is 24.3 Å². The summed E-state index contributed by atoms with van der Waals surface area (Å²) in [4.78, 5) is 23.2. The van der Waals surface area contributed by atoms with Crippen LogP contribution in [0, 0.1) is 0 Å². The topological polar surface area (TPSA) is 46.2 Å². The number of rotatable bonds is 0. The second-order valence-electron chi connectivity index (χ2n) is 4.27. The molecule has 1 N–H and O–H groups in total. The molecule has 1 atom stereocenters. The first-order chi connectivity index (χ1) is 7.72. The lowest BCUT2D eigenvalue weighted by Gasteiger charge is -2.25. The number of ketones is 1. The third-order valence-electron chi connectivity index (χ3n) is 3.38. The molecule has 0 saturated heterocycles. The van der Waals surface area contributed by atoms with E-state index < -0.39 is 5.41 Å². The molecule has 3 nitrogen and oxygen atoms in total. The molecule has 16 heavy (non-hydrogen) atoms. The van der Waals surface area contributed by atoms with E-state index in [2.05, 4.69) is 5.32 Å². The number of para-hydroxylation sites is 1. The summed E-state index contributed by atoms with van der Waals surface area (Å²) in [5.74, 6) is 0.0836. The second kappa shape index (κ2) is 3.04. The molecule has 3 rings (SSSR count). The quantitative estimate of drug-likeness (QED) is 0.714. The van der Waals surface area contributed by atoms with E-state index in [1.165, 1.54) is 6.08 Å². The maximum Gasteiger partial charge on any atom is 0.238 e. The highest BCUT2D eigenvalue weighted by atomic mass is 16.2. The summed E-state index contributed by atoms with van der Waals surface area (Å²) in [6, 6.07) is 7.67. The summed E-state index contributed by atoms with van der Waals surface area (Å²) in [6.07, 6.45) is 4.30. The minimum Gasteiger partial charge on any atom is -0.325 e. The van der Waals surface area contributed by atoms with E-state index >= 15 is 0 Å². The molecule has 1 heterocycles. The minimum absolute atomic E-state index is 0.0162. The van der Waals surface area contributed by atoms with Crippen LogP contribution < -0.4 is 5.32 Å². The zero-order valence-electron chi connectivity index (χ0n) is 8.69. The van der Waals surface area contributed by atoms with E-state index in [4.69, 9.17) is 0 Å². The van der Waals surface area contributed by atoms with Crippen molar-refractivity contribution in [3.8, 4) is 0 Å². The number of amides is 1. The Kier molecular flexibility index (Phi) is 1.78. The number of anilines is 1. The fraction of sp³-hybridized carbons (Fsp3) is 0.231. The van der Waals surface area contributed by atoms with Gasteiger partial charge in [-0.2, -0.15) is 0 Å². The molecule has 1 aromatic rings. The predicted octanol–water partition coefficient (Wildman–Crippen LogP) is 1.80. The van der Waals surface area contributed by atoms with E-state index in [0.717, 1.165) is 11.3 Å². The Morgan fingerprint density at radius 3 is 2.75 bits per heavy atom. The number of nitrogens with one attached hydrogen (secondary N) is 1. The van der Waals surface area contributed by atoms with Crippen LogP contribution in [0.25, 0.3) is 0 Å². The first kappa shape index (κ1) is 9.33. The zero-order chi connectivity index (χ0) is 11.2. The molecule has 0 bridgehead atoms. The Morgan fingerprint density at radius 2 is 2.00 bits per heavy atom. The highest BCUT2D eigenvalue weighted by molar-refractivity contribution is 6.09. The molecular weight excluding hydrogens is 202 g/mol. The fourth-order valence-electron chi connectivity index (χ4n) is 2.47. The van der Waals surface area contributed by atoms with Crippen molar-refractivity contribution in [3.05, 3.63) is 42.0 Å². The van der Waals surface area contributed by atoms with Gasteiger partial charge in [-0.05, 0) is 24.1 Å². The predicted molar refractivity (Wildman–Crippen MR) is 60.1 cm³/mol. The Labute approximate surface area is 93.2 Å². The summed E-state index contributed by atoms with van der Waals surface area (Å²) < 4.78 is 0. The Morgan fingerprint density at radius 1 is 1.19 bits per heavy atom. The smallest absolute Gasteiger partial charge is 0.238 e. The molecule has 1 aliphatic carbocycles. The van der Waals surface area contributed by atoms with Gasteiger partial charge < -0.3 is 5.32 Å². The summed E-state index contributed by atoms with van der Waals surface area (Å²) in [6.45, 7) is 0. The molecule has 3 heteroatoms. The van der Waals surface area contributed by atoms with Crippen LogP contribution in [0.3, 0.4) is 0 Å². The molecule has 1 spiro atoms. The first-order valence-electron chi connectivity index (χ1n) is 5.35. The first-order valence-corrected chi connectivity index (χ1v) is 5.35. The molecular formula is C13H11NO2. The Hall–Kier alpha value is -1.90. The van der Waals surface area contributed by atoms with Crippen molar-refractivity contribution >= 4 is 17.4 Å². The molecule has 0 fully saturated rings. The molecule has 1 aliphatic heterocycles. The van der Waals surface area contributed by atoms with Gasteiger partial charge in [0.25, 0.3) is 0 Å². The number of benzene rings is 1. The summed E-state index contributed by atoms with van der Waals surface area (Å²) >= 11 is 0. The number of carbonyl (C=O) groups excluding carboxylic acids is 2. The van der Waals surface area contributed by atoms with Crippen molar-refractivity contribution < 1.29 is 9.59 Å². The lowest BCUT2D eigenvalue weighted by Crippen LogP contribution is -2.35. The van der Waals surface area contributed by atoms with Gasteiger partial charge >= 0.3 is 0 Å². The summed E-state index contributed by atoms with van der Waals surface area (Å²) in [7, 11) is 0. The van der Waals surface area contributed by atoms with Gasteiger partial charge in [0.05, 0.1) is 5.41 Å². The van der Waals surface area contributed by atoms with Gasteiger partial charge in [0, 0.05) is 12.1 Å². The third-order valence-corrected chi connectivity index (χ3v) is 3.38. The van der Waals surface area contributed by atoms with Gasteiger partial charge in [-0.3, -0.25) is 9.59 Å². The van der Waals surface area contributed by atoms with E-state index in [-0.39, 0.29) is 11.7 Å². The molecule has 0 saturated carbocycles. The van der Waals surface area contributed by atoms with Crippen molar-refractivity contribution in [1.29, 1.82) is 0 Å². The number of allylic oxidation sites excluding steroid dienone is 1. The van der Waals surface area contributed by atoms with E-state index in [1.54, 1.807) is 6.08 Å². The van der Waals surface area contributed by atoms with Crippen molar-refractivity contribution in [2.24, 2.45) is 0 Å². The van der Waals surface area contributed by atoms with Crippen LogP contribution in [0.4, 0.5) is 5.69 Å². The van der Waals surface area contributed by atoms with Gasteiger partial charge in [-0.1, -0.05) is 24.3 Å². The SMILES string of the molecule is O=C1C=CC2(CC1)C(=O)Nc1ccccc12.